The largest absolute Gasteiger partial charge is 0.305 e. The van der Waals surface area contributed by atoms with Crippen LogP contribution in [-0.2, 0) is 0 Å². The predicted molar refractivity (Wildman–Crippen MR) is 55.9 cm³/mol. The van der Waals surface area contributed by atoms with Gasteiger partial charge >= 0.3 is 0 Å². The fourth-order valence-corrected chi connectivity index (χ4v) is 2.22. The summed E-state index contributed by atoms with van der Waals surface area (Å²) in [4.78, 5) is 4.30. The number of thiazole rings is 1. The standard InChI is InChI=1S/C10H16N2S/c1-7(8-5-13-6-11-8)12-9-4-10(9,2)3/h5-7,9,12H,4H2,1-3H3. The Morgan fingerprint density at radius 1 is 1.69 bits per heavy atom. The summed E-state index contributed by atoms with van der Waals surface area (Å²) in [6, 6.07) is 1.09. The Morgan fingerprint density at radius 2 is 2.38 bits per heavy atom. The number of aromatic nitrogens is 1. The van der Waals surface area contributed by atoms with Gasteiger partial charge in [-0.2, -0.15) is 0 Å². The van der Waals surface area contributed by atoms with Crippen molar-refractivity contribution in [1.29, 1.82) is 0 Å². The summed E-state index contributed by atoms with van der Waals surface area (Å²) in [6.45, 7) is 6.79. The summed E-state index contributed by atoms with van der Waals surface area (Å²) in [7, 11) is 0. The van der Waals surface area contributed by atoms with Gasteiger partial charge in [0.05, 0.1) is 11.2 Å². The number of hydrogen-bond acceptors (Lipinski definition) is 3. The monoisotopic (exact) mass is 196 g/mol. The van der Waals surface area contributed by atoms with Gasteiger partial charge in [0.1, 0.15) is 0 Å². The summed E-state index contributed by atoms with van der Waals surface area (Å²) in [5, 5.41) is 5.71. The minimum absolute atomic E-state index is 0.401. The molecule has 0 aromatic carbocycles. The van der Waals surface area contributed by atoms with Gasteiger partial charge < -0.3 is 5.32 Å². The zero-order valence-electron chi connectivity index (χ0n) is 8.37. The average molecular weight is 196 g/mol. The minimum atomic E-state index is 0.401. The summed E-state index contributed by atoms with van der Waals surface area (Å²) in [5.74, 6) is 0. The van der Waals surface area contributed by atoms with Crippen LogP contribution >= 0.6 is 11.3 Å². The molecule has 3 heteroatoms. The highest BCUT2D eigenvalue weighted by molar-refractivity contribution is 7.07. The second kappa shape index (κ2) is 3.07. The van der Waals surface area contributed by atoms with Crippen molar-refractivity contribution in [2.75, 3.05) is 0 Å². The van der Waals surface area contributed by atoms with Crippen molar-refractivity contribution < 1.29 is 0 Å². The van der Waals surface area contributed by atoms with E-state index in [-0.39, 0.29) is 0 Å². The third-order valence-corrected chi connectivity index (χ3v) is 3.46. The topological polar surface area (TPSA) is 24.9 Å². The lowest BCUT2D eigenvalue weighted by molar-refractivity contribution is 0.487. The van der Waals surface area contributed by atoms with Gasteiger partial charge in [-0.25, -0.2) is 4.98 Å². The van der Waals surface area contributed by atoms with E-state index in [4.69, 9.17) is 0 Å². The Bertz CT molecular complexity index is 279. The molecule has 2 nitrogen and oxygen atoms in total. The Kier molecular flexibility index (Phi) is 2.16. The molecule has 72 valence electrons. The molecule has 1 heterocycles. The lowest BCUT2D eigenvalue weighted by atomic mass is 10.1. The van der Waals surface area contributed by atoms with Crippen molar-refractivity contribution in [2.45, 2.75) is 39.3 Å². The Balaban J connectivity index is 1.90. The van der Waals surface area contributed by atoms with Crippen LogP contribution in [0.15, 0.2) is 10.9 Å². The van der Waals surface area contributed by atoms with E-state index >= 15 is 0 Å². The molecular weight excluding hydrogens is 180 g/mol. The molecule has 0 radical (unpaired) electrons. The Hall–Kier alpha value is -0.410. The second-order valence-electron chi connectivity index (χ2n) is 4.55. The predicted octanol–water partition coefficient (Wildman–Crippen LogP) is 2.59. The molecule has 1 aromatic rings. The number of hydrogen-bond donors (Lipinski definition) is 1. The molecule has 2 atom stereocenters. The van der Waals surface area contributed by atoms with E-state index in [1.54, 1.807) is 11.3 Å². The van der Waals surface area contributed by atoms with Gasteiger partial charge in [-0.15, -0.1) is 11.3 Å². The van der Waals surface area contributed by atoms with E-state index in [1.807, 2.05) is 5.51 Å². The smallest absolute Gasteiger partial charge is 0.0795 e. The summed E-state index contributed by atoms with van der Waals surface area (Å²) >= 11 is 1.66. The first-order valence-corrected chi connectivity index (χ1v) is 5.68. The molecule has 0 amide bonds. The molecule has 0 saturated heterocycles. The maximum atomic E-state index is 4.30. The van der Waals surface area contributed by atoms with Gasteiger partial charge in [-0.05, 0) is 18.8 Å². The lowest BCUT2D eigenvalue weighted by Crippen LogP contribution is -2.24. The van der Waals surface area contributed by atoms with E-state index in [1.165, 1.54) is 12.1 Å². The van der Waals surface area contributed by atoms with Crippen molar-refractivity contribution in [2.24, 2.45) is 5.41 Å². The quantitative estimate of drug-likeness (QED) is 0.803. The Morgan fingerprint density at radius 3 is 2.85 bits per heavy atom. The van der Waals surface area contributed by atoms with Crippen LogP contribution in [0.25, 0.3) is 0 Å². The third-order valence-electron chi connectivity index (χ3n) is 2.86. The van der Waals surface area contributed by atoms with Crippen molar-refractivity contribution >= 4 is 11.3 Å². The van der Waals surface area contributed by atoms with Gasteiger partial charge in [-0.1, -0.05) is 13.8 Å². The maximum absolute atomic E-state index is 4.30. The number of nitrogens with one attached hydrogen (secondary N) is 1. The fraction of sp³-hybridized carbons (Fsp3) is 0.700. The third kappa shape index (κ3) is 1.92. The first-order chi connectivity index (χ1) is 6.09. The van der Waals surface area contributed by atoms with Gasteiger partial charge in [0, 0.05) is 17.5 Å². The molecule has 0 bridgehead atoms. The molecule has 1 aliphatic rings. The van der Waals surface area contributed by atoms with Crippen LogP contribution in [0.1, 0.15) is 38.9 Å². The van der Waals surface area contributed by atoms with Crippen LogP contribution in [-0.4, -0.2) is 11.0 Å². The minimum Gasteiger partial charge on any atom is -0.305 e. The highest BCUT2D eigenvalue weighted by Crippen LogP contribution is 2.45. The average Bonchev–Trinajstić information content (AvgIpc) is 2.58. The van der Waals surface area contributed by atoms with Gasteiger partial charge in [-0.3, -0.25) is 0 Å². The van der Waals surface area contributed by atoms with Crippen LogP contribution < -0.4 is 5.32 Å². The van der Waals surface area contributed by atoms with E-state index in [9.17, 15) is 0 Å². The van der Waals surface area contributed by atoms with Crippen LogP contribution in [0.2, 0.25) is 0 Å². The fourth-order valence-electron chi connectivity index (χ4n) is 1.57. The highest BCUT2D eigenvalue weighted by atomic mass is 32.1. The molecule has 2 rings (SSSR count). The van der Waals surface area contributed by atoms with E-state index in [0.29, 0.717) is 17.5 Å². The zero-order chi connectivity index (χ0) is 9.47. The van der Waals surface area contributed by atoms with Crippen LogP contribution in [0.4, 0.5) is 0 Å². The maximum Gasteiger partial charge on any atom is 0.0795 e. The molecule has 2 unspecified atom stereocenters. The van der Waals surface area contributed by atoms with Crippen molar-refractivity contribution in [1.82, 2.24) is 10.3 Å². The van der Waals surface area contributed by atoms with E-state index in [0.717, 1.165) is 0 Å². The van der Waals surface area contributed by atoms with Gasteiger partial charge in [0.25, 0.3) is 0 Å². The van der Waals surface area contributed by atoms with E-state index < -0.39 is 0 Å². The molecular formula is C10H16N2S. The second-order valence-corrected chi connectivity index (χ2v) is 5.27. The number of nitrogens with zero attached hydrogens (tertiary/aromatic N) is 1. The molecule has 1 fully saturated rings. The molecule has 1 saturated carbocycles. The van der Waals surface area contributed by atoms with Crippen LogP contribution in [0.5, 0.6) is 0 Å². The Labute approximate surface area is 83.4 Å². The van der Waals surface area contributed by atoms with Crippen LogP contribution in [0.3, 0.4) is 0 Å². The van der Waals surface area contributed by atoms with Crippen LogP contribution in [0, 0.1) is 5.41 Å². The number of rotatable bonds is 3. The summed E-state index contributed by atoms with van der Waals surface area (Å²) < 4.78 is 0. The highest BCUT2D eigenvalue weighted by Gasteiger charge is 2.46. The van der Waals surface area contributed by atoms with E-state index in [2.05, 4.69) is 36.5 Å². The van der Waals surface area contributed by atoms with Gasteiger partial charge in [0.15, 0.2) is 0 Å². The molecule has 1 aromatic heterocycles. The molecule has 1 N–H and O–H groups in total. The first kappa shape index (κ1) is 9.16. The zero-order valence-corrected chi connectivity index (χ0v) is 9.19. The van der Waals surface area contributed by atoms with Crippen molar-refractivity contribution in [3.63, 3.8) is 0 Å². The SMILES string of the molecule is CC(NC1CC1(C)C)c1cscn1. The molecule has 0 aliphatic heterocycles. The lowest BCUT2D eigenvalue weighted by Gasteiger charge is -2.12. The van der Waals surface area contributed by atoms with Gasteiger partial charge in [0.2, 0.25) is 0 Å². The first-order valence-electron chi connectivity index (χ1n) is 4.74. The summed E-state index contributed by atoms with van der Waals surface area (Å²) in [5.41, 5.74) is 3.57. The summed E-state index contributed by atoms with van der Waals surface area (Å²) in [6.07, 6.45) is 1.29. The normalized spacial score (nSPS) is 27.2. The van der Waals surface area contributed by atoms with Crippen molar-refractivity contribution in [3.05, 3.63) is 16.6 Å². The van der Waals surface area contributed by atoms with Crippen molar-refractivity contribution in [3.8, 4) is 0 Å². The molecule has 1 aliphatic carbocycles. The molecule has 0 spiro atoms. The molecule has 13 heavy (non-hydrogen) atoms.